The Hall–Kier alpha value is -2.96. The van der Waals surface area contributed by atoms with Gasteiger partial charge in [0.1, 0.15) is 6.04 Å². The molecule has 2 aromatic heterocycles. The molecule has 0 aliphatic carbocycles. The molecule has 3 aromatic rings. The van der Waals surface area contributed by atoms with Crippen molar-refractivity contribution in [3.05, 3.63) is 52.1 Å². The third-order valence-corrected chi connectivity index (χ3v) is 4.44. The average Bonchev–Trinajstić information content (AvgIpc) is 3.01. The van der Waals surface area contributed by atoms with E-state index in [1.54, 1.807) is 11.6 Å². The summed E-state index contributed by atoms with van der Waals surface area (Å²) in [6.45, 7) is 7.97. The van der Waals surface area contributed by atoms with Crippen LogP contribution in [0.2, 0.25) is 0 Å². The number of hydrogen-bond acceptors (Lipinski definition) is 4. The van der Waals surface area contributed by atoms with Crippen LogP contribution in [0, 0.1) is 13.8 Å². The van der Waals surface area contributed by atoms with Crippen LogP contribution in [0.25, 0.3) is 16.6 Å². The Bertz CT molecular complexity index is 1000. The standard InChI is InChI=1S/C19H23N5O2/c1-5-11-20-18(25)14(4)24-19(26)17-16(12(2)21-24)13(3)23(22-17)15-9-7-6-8-10-15/h6-10,14H,5,11H2,1-4H3,(H,20,25)/t14-/m0/s1. The average molecular weight is 353 g/mol. The molecule has 1 aromatic carbocycles. The normalized spacial score (nSPS) is 12.3. The van der Waals surface area contributed by atoms with E-state index < -0.39 is 6.04 Å². The van der Waals surface area contributed by atoms with Crippen LogP contribution in [-0.4, -0.2) is 32.0 Å². The molecule has 0 saturated carbocycles. The van der Waals surface area contributed by atoms with Gasteiger partial charge in [0.2, 0.25) is 5.91 Å². The van der Waals surface area contributed by atoms with Gasteiger partial charge in [-0.15, -0.1) is 0 Å². The highest BCUT2D eigenvalue weighted by Gasteiger charge is 2.22. The first-order valence-corrected chi connectivity index (χ1v) is 8.77. The van der Waals surface area contributed by atoms with E-state index in [4.69, 9.17) is 0 Å². The Morgan fingerprint density at radius 1 is 1.19 bits per heavy atom. The number of aryl methyl sites for hydroxylation is 2. The lowest BCUT2D eigenvalue weighted by Gasteiger charge is -2.14. The summed E-state index contributed by atoms with van der Waals surface area (Å²) in [6, 6.07) is 8.94. The van der Waals surface area contributed by atoms with E-state index in [1.165, 1.54) is 4.68 Å². The van der Waals surface area contributed by atoms with E-state index in [-0.39, 0.29) is 11.5 Å². The molecule has 3 rings (SSSR count). The molecule has 2 heterocycles. The quantitative estimate of drug-likeness (QED) is 0.763. The van der Waals surface area contributed by atoms with Crippen molar-refractivity contribution in [1.82, 2.24) is 24.9 Å². The molecule has 26 heavy (non-hydrogen) atoms. The van der Waals surface area contributed by atoms with Gasteiger partial charge in [0.25, 0.3) is 5.56 Å². The largest absolute Gasteiger partial charge is 0.354 e. The summed E-state index contributed by atoms with van der Waals surface area (Å²) in [5.41, 5.74) is 2.37. The summed E-state index contributed by atoms with van der Waals surface area (Å²) in [6.07, 6.45) is 0.833. The van der Waals surface area contributed by atoms with Gasteiger partial charge < -0.3 is 5.32 Å². The number of nitrogens with zero attached hydrogens (tertiary/aromatic N) is 4. The molecule has 1 atom stereocenters. The van der Waals surface area contributed by atoms with E-state index in [1.807, 2.05) is 51.1 Å². The molecule has 7 nitrogen and oxygen atoms in total. The summed E-state index contributed by atoms with van der Waals surface area (Å²) < 4.78 is 2.97. The summed E-state index contributed by atoms with van der Waals surface area (Å²) in [5.74, 6) is -0.223. The lowest BCUT2D eigenvalue weighted by atomic mass is 10.2. The van der Waals surface area contributed by atoms with Crippen LogP contribution < -0.4 is 10.9 Å². The predicted molar refractivity (Wildman–Crippen MR) is 101 cm³/mol. The van der Waals surface area contributed by atoms with Crippen molar-refractivity contribution >= 4 is 16.8 Å². The second kappa shape index (κ2) is 7.11. The number of fused-ring (bicyclic) bond motifs is 1. The van der Waals surface area contributed by atoms with Gasteiger partial charge >= 0.3 is 0 Å². The van der Waals surface area contributed by atoms with E-state index in [2.05, 4.69) is 15.5 Å². The molecule has 0 spiro atoms. The first-order valence-electron chi connectivity index (χ1n) is 8.77. The number of benzene rings is 1. The fraction of sp³-hybridized carbons (Fsp3) is 0.368. The second-order valence-corrected chi connectivity index (χ2v) is 6.36. The zero-order valence-electron chi connectivity index (χ0n) is 15.5. The van der Waals surface area contributed by atoms with Crippen LogP contribution in [0.5, 0.6) is 0 Å². The summed E-state index contributed by atoms with van der Waals surface area (Å²) >= 11 is 0. The zero-order valence-corrected chi connectivity index (χ0v) is 15.5. The number of amides is 1. The molecule has 0 radical (unpaired) electrons. The predicted octanol–water partition coefficient (Wildman–Crippen LogP) is 2.29. The monoisotopic (exact) mass is 353 g/mol. The van der Waals surface area contributed by atoms with Crippen molar-refractivity contribution in [2.75, 3.05) is 6.54 Å². The van der Waals surface area contributed by atoms with Crippen molar-refractivity contribution in [3.8, 4) is 5.69 Å². The SMILES string of the molecule is CCCNC(=O)[C@H](C)n1nc(C)c2c(C)n(-c3ccccc3)nc2c1=O. The smallest absolute Gasteiger partial charge is 0.295 e. The molecule has 0 aliphatic heterocycles. The van der Waals surface area contributed by atoms with Crippen LogP contribution in [0.3, 0.4) is 0 Å². The minimum absolute atomic E-state index is 0.223. The summed E-state index contributed by atoms with van der Waals surface area (Å²) in [5, 5.41) is 12.4. The maximum absolute atomic E-state index is 12.9. The number of carbonyl (C=O) groups is 1. The van der Waals surface area contributed by atoms with Crippen molar-refractivity contribution < 1.29 is 4.79 Å². The highest BCUT2D eigenvalue weighted by atomic mass is 16.2. The number of hydrogen-bond donors (Lipinski definition) is 1. The summed E-state index contributed by atoms with van der Waals surface area (Å²) in [4.78, 5) is 25.2. The Kier molecular flexibility index (Phi) is 4.88. The van der Waals surface area contributed by atoms with Gasteiger partial charge in [0.15, 0.2) is 5.52 Å². The molecule has 136 valence electrons. The molecule has 1 amide bonds. The number of aromatic nitrogens is 4. The van der Waals surface area contributed by atoms with Crippen molar-refractivity contribution in [1.29, 1.82) is 0 Å². The summed E-state index contributed by atoms with van der Waals surface area (Å²) in [7, 11) is 0. The van der Waals surface area contributed by atoms with Crippen LogP contribution in [0.4, 0.5) is 0 Å². The fourth-order valence-corrected chi connectivity index (χ4v) is 3.04. The van der Waals surface area contributed by atoms with Crippen LogP contribution in [0.15, 0.2) is 35.1 Å². The maximum atomic E-state index is 12.9. The van der Waals surface area contributed by atoms with Crippen LogP contribution in [-0.2, 0) is 4.79 Å². The van der Waals surface area contributed by atoms with Gasteiger partial charge in [-0.25, -0.2) is 9.36 Å². The molecule has 0 bridgehead atoms. The van der Waals surface area contributed by atoms with E-state index in [9.17, 15) is 9.59 Å². The minimum Gasteiger partial charge on any atom is -0.354 e. The number of rotatable bonds is 5. The maximum Gasteiger partial charge on any atom is 0.295 e. The van der Waals surface area contributed by atoms with Gasteiger partial charge in [-0.3, -0.25) is 9.59 Å². The fourth-order valence-electron chi connectivity index (χ4n) is 3.04. The lowest BCUT2D eigenvalue weighted by Crippen LogP contribution is -2.37. The minimum atomic E-state index is -0.695. The van der Waals surface area contributed by atoms with E-state index in [0.717, 1.165) is 23.2 Å². The van der Waals surface area contributed by atoms with E-state index >= 15 is 0 Å². The number of para-hydroxylation sites is 1. The molecule has 0 saturated heterocycles. The highest BCUT2D eigenvalue weighted by Crippen LogP contribution is 2.21. The lowest BCUT2D eigenvalue weighted by molar-refractivity contribution is -0.124. The number of carbonyl (C=O) groups excluding carboxylic acids is 1. The molecule has 0 aliphatic rings. The van der Waals surface area contributed by atoms with Crippen LogP contribution >= 0.6 is 0 Å². The third kappa shape index (κ3) is 3.00. The first kappa shape index (κ1) is 17.8. The first-order chi connectivity index (χ1) is 12.5. The third-order valence-electron chi connectivity index (χ3n) is 4.44. The van der Waals surface area contributed by atoms with Gasteiger partial charge in [0.05, 0.1) is 22.5 Å². The molecule has 7 heteroatoms. The Morgan fingerprint density at radius 3 is 2.54 bits per heavy atom. The molecule has 1 N–H and O–H groups in total. The Balaban J connectivity index is 2.14. The highest BCUT2D eigenvalue weighted by molar-refractivity contribution is 5.84. The molecule has 0 fully saturated rings. The van der Waals surface area contributed by atoms with E-state index in [0.29, 0.717) is 17.8 Å². The van der Waals surface area contributed by atoms with Crippen molar-refractivity contribution in [2.45, 2.75) is 40.2 Å². The van der Waals surface area contributed by atoms with Gasteiger partial charge in [-0.1, -0.05) is 25.1 Å². The van der Waals surface area contributed by atoms with Gasteiger partial charge in [0, 0.05) is 6.54 Å². The molecular formula is C19H23N5O2. The molecule has 0 unspecified atom stereocenters. The van der Waals surface area contributed by atoms with Crippen LogP contribution in [0.1, 0.15) is 37.7 Å². The Labute approximate surface area is 151 Å². The van der Waals surface area contributed by atoms with Gasteiger partial charge in [-0.05, 0) is 39.3 Å². The van der Waals surface area contributed by atoms with Gasteiger partial charge in [-0.2, -0.15) is 10.2 Å². The molecular weight excluding hydrogens is 330 g/mol. The number of nitrogens with one attached hydrogen (secondary N) is 1. The van der Waals surface area contributed by atoms with Crippen molar-refractivity contribution in [3.63, 3.8) is 0 Å². The van der Waals surface area contributed by atoms with Crippen molar-refractivity contribution in [2.24, 2.45) is 0 Å². The topological polar surface area (TPSA) is 81.8 Å². The Morgan fingerprint density at radius 2 is 1.88 bits per heavy atom. The second-order valence-electron chi connectivity index (χ2n) is 6.36. The zero-order chi connectivity index (χ0) is 18.8.